The molecule has 1 unspecified atom stereocenters. The number of hydrogen-bond acceptors (Lipinski definition) is 3. The van der Waals surface area contributed by atoms with Crippen molar-refractivity contribution in [1.29, 1.82) is 0 Å². The maximum absolute atomic E-state index is 13.5. The average Bonchev–Trinajstić information content (AvgIpc) is 2.44. The molecule has 1 atom stereocenters. The highest BCUT2D eigenvalue weighted by Gasteiger charge is 2.24. The maximum atomic E-state index is 13.5. The first kappa shape index (κ1) is 16.0. The highest BCUT2D eigenvalue weighted by molar-refractivity contribution is 7.89. The molecule has 3 N–H and O–H groups in total. The van der Waals surface area contributed by atoms with E-state index >= 15 is 0 Å². The zero-order chi connectivity index (χ0) is 15.6. The van der Waals surface area contributed by atoms with Gasteiger partial charge >= 0.3 is 0 Å². The van der Waals surface area contributed by atoms with E-state index in [-0.39, 0.29) is 16.1 Å². The Hall–Kier alpha value is -1.40. The smallest absolute Gasteiger partial charge is 0.241 e. The molecule has 1 aromatic carbocycles. The van der Waals surface area contributed by atoms with E-state index in [0.717, 1.165) is 19.3 Å². The molecule has 0 saturated heterocycles. The lowest BCUT2D eigenvalue weighted by molar-refractivity contribution is 0.468. The number of anilines is 1. The van der Waals surface area contributed by atoms with E-state index in [1.165, 1.54) is 13.0 Å². The number of nitrogens with two attached hydrogens (primary N) is 1. The van der Waals surface area contributed by atoms with Gasteiger partial charge in [-0.05, 0) is 56.2 Å². The lowest BCUT2D eigenvalue weighted by atomic mass is 9.95. The van der Waals surface area contributed by atoms with Crippen LogP contribution in [0, 0.1) is 25.6 Å². The van der Waals surface area contributed by atoms with Crippen LogP contribution in [0.15, 0.2) is 23.1 Å². The van der Waals surface area contributed by atoms with Crippen molar-refractivity contribution in [3.8, 4) is 0 Å². The first-order valence-electron chi connectivity index (χ1n) is 7.02. The standard InChI is InChI=1S/C15H21FN2O2S/c1-10-8-13(16)14(17)11(2)15(10)21(19,20)18-9-12-6-4-3-5-7-12/h3-4,8,12,18H,5-7,9,17H2,1-2H3. The van der Waals surface area contributed by atoms with Crippen molar-refractivity contribution in [3.05, 3.63) is 35.2 Å². The predicted molar refractivity (Wildman–Crippen MR) is 82.0 cm³/mol. The molecule has 1 aromatic rings. The number of nitrogens with one attached hydrogen (secondary N) is 1. The summed E-state index contributed by atoms with van der Waals surface area (Å²) in [5.74, 6) is -0.274. The lowest BCUT2D eigenvalue weighted by Crippen LogP contribution is -2.31. The molecule has 4 nitrogen and oxygen atoms in total. The molecule has 0 bridgehead atoms. The third-order valence-electron chi connectivity index (χ3n) is 3.91. The van der Waals surface area contributed by atoms with Gasteiger partial charge in [0.15, 0.2) is 0 Å². The number of rotatable bonds is 4. The molecule has 0 radical (unpaired) electrons. The van der Waals surface area contributed by atoms with Crippen molar-refractivity contribution in [3.63, 3.8) is 0 Å². The van der Waals surface area contributed by atoms with E-state index in [9.17, 15) is 12.8 Å². The Morgan fingerprint density at radius 2 is 2.10 bits per heavy atom. The fraction of sp³-hybridized carbons (Fsp3) is 0.467. The summed E-state index contributed by atoms with van der Waals surface area (Å²) in [6, 6.07) is 1.17. The molecule has 0 aromatic heterocycles. The Morgan fingerprint density at radius 1 is 1.38 bits per heavy atom. The van der Waals surface area contributed by atoms with Crippen LogP contribution in [-0.4, -0.2) is 15.0 Å². The van der Waals surface area contributed by atoms with Gasteiger partial charge in [0, 0.05) is 6.54 Å². The minimum atomic E-state index is -3.68. The molecule has 0 fully saturated rings. The third kappa shape index (κ3) is 3.44. The summed E-state index contributed by atoms with van der Waals surface area (Å²) >= 11 is 0. The van der Waals surface area contributed by atoms with Gasteiger partial charge in [-0.25, -0.2) is 17.5 Å². The van der Waals surface area contributed by atoms with E-state index < -0.39 is 15.8 Å². The van der Waals surface area contributed by atoms with Crippen molar-refractivity contribution >= 4 is 15.7 Å². The van der Waals surface area contributed by atoms with E-state index in [2.05, 4.69) is 16.9 Å². The Kier molecular flexibility index (Phi) is 4.68. The summed E-state index contributed by atoms with van der Waals surface area (Å²) in [7, 11) is -3.68. The van der Waals surface area contributed by atoms with Crippen molar-refractivity contribution in [2.24, 2.45) is 5.92 Å². The van der Waals surface area contributed by atoms with Crippen LogP contribution in [0.3, 0.4) is 0 Å². The molecule has 0 aliphatic heterocycles. The number of halogens is 1. The first-order chi connectivity index (χ1) is 9.83. The van der Waals surface area contributed by atoms with E-state index in [1.54, 1.807) is 6.92 Å². The Bertz CT molecular complexity index is 669. The van der Waals surface area contributed by atoms with Crippen LogP contribution in [-0.2, 0) is 10.0 Å². The van der Waals surface area contributed by atoms with Gasteiger partial charge in [-0.15, -0.1) is 0 Å². The molecule has 0 spiro atoms. The topological polar surface area (TPSA) is 72.2 Å². The van der Waals surface area contributed by atoms with Crippen molar-refractivity contribution in [2.45, 2.75) is 38.0 Å². The Balaban J connectivity index is 2.23. The Morgan fingerprint density at radius 3 is 2.71 bits per heavy atom. The van der Waals surface area contributed by atoms with Crippen molar-refractivity contribution in [2.75, 3.05) is 12.3 Å². The molecule has 0 saturated carbocycles. The molecule has 0 heterocycles. The van der Waals surface area contributed by atoms with E-state index in [1.807, 2.05) is 0 Å². The van der Waals surface area contributed by atoms with E-state index in [0.29, 0.717) is 18.0 Å². The fourth-order valence-corrected chi connectivity index (χ4v) is 4.28. The lowest BCUT2D eigenvalue weighted by Gasteiger charge is -2.19. The molecular formula is C15H21FN2O2S. The molecule has 21 heavy (non-hydrogen) atoms. The zero-order valence-corrected chi connectivity index (χ0v) is 13.1. The summed E-state index contributed by atoms with van der Waals surface area (Å²) in [5, 5.41) is 0. The number of benzene rings is 1. The SMILES string of the molecule is Cc1cc(F)c(N)c(C)c1S(=O)(=O)NCC1CC=CCC1. The zero-order valence-electron chi connectivity index (χ0n) is 12.3. The second kappa shape index (κ2) is 6.15. The van der Waals surface area contributed by atoms with Gasteiger partial charge < -0.3 is 5.73 Å². The van der Waals surface area contributed by atoms with Crippen LogP contribution in [0.4, 0.5) is 10.1 Å². The van der Waals surface area contributed by atoms with Crippen LogP contribution in [0.5, 0.6) is 0 Å². The summed E-state index contributed by atoms with van der Waals surface area (Å²) in [6.45, 7) is 3.50. The number of nitrogen functional groups attached to an aromatic ring is 1. The van der Waals surface area contributed by atoms with Crippen molar-refractivity contribution < 1.29 is 12.8 Å². The molecule has 1 aliphatic carbocycles. The minimum absolute atomic E-state index is 0.0905. The number of aryl methyl sites for hydroxylation is 1. The highest BCUT2D eigenvalue weighted by atomic mass is 32.2. The number of allylic oxidation sites excluding steroid dienone is 2. The molecule has 0 amide bonds. The first-order valence-corrected chi connectivity index (χ1v) is 8.51. The van der Waals surface area contributed by atoms with E-state index in [4.69, 9.17) is 5.73 Å². The van der Waals surface area contributed by atoms with Gasteiger partial charge in [0.05, 0.1) is 10.6 Å². The maximum Gasteiger partial charge on any atom is 0.241 e. The summed E-state index contributed by atoms with van der Waals surface area (Å²) < 4.78 is 41.1. The molecule has 116 valence electrons. The van der Waals surface area contributed by atoms with Crippen LogP contribution >= 0.6 is 0 Å². The summed E-state index contributed by atoms with van der Waals surface area (Å²) in [6.07, 6.45) is 7.03. The van der Waals surface area contributed by atoms with Gasteiger partial charge in [-0.3, -0.25) is 0 Å². The third-order valence-corrected chi connectivity index (χ3v) is 5.62. The molecule has 1 aliphatic rings. The predicted octanol–water partition coefficient (Wildman–Crippen LogP) is 2.66. The number of sulfonamides is 1. The Labute approximate surface area is 125 Å². The monoisotopic (exact) mass is 312 g/mol. The summed E-state index contributed by atoms with van der Waals surface area (Å²) in [4.78, 5) is 0.0905. The van der Waals surface area contributed by atoms with Crippen LogP contribution in [0.25, 0.3) is 0 Å². The second-order valence-corrected chi connectivity index (χ2v) is 7.25. The van der Waals surface area contributed by atoms with Gasteiger partial charge in [-0.1, -0.05) is 12.2 Å². The molecule has 6 heteroatoms. The van der Waals surface area contributed by atoms with Gasteiger partial charge in [-0.2, -0.15) is 0 Å². The van der Waals surface area contributed by atoms with Gasteiger partial charge in [0.1, 0.15) is 5.82 Å². The quantitative estimate of drug-likeness (QED) is 0.663. The number of hydrogen-bond donors (Lipinski definition) is 2. The van der Waals surface area contributed by atoms with Crippen molar-refractivity contribution in [1.82, 2.24) is 4.72 Å². The summed E-state index contributed by atoms with van der Waals surface area (Å²) in [5.41, 5.74) is 6.14. The van der Waals surface area contributed by atoms with Crippen LogP contribution < -0.4 is 10.5 Å². The van der Waals surface area contributed by atoms with Gasteiger partial charge in [0.25, 0.3) is 0 Å². The molecule has 2 rings (SSSR count). The van der Waals surface area contributed by atoms with Crippen LogP contribution in [0.1, 0.15) is 30.4 Å². The molecular weight excluding hydrogens is 291 g/mol. The second-order valence-electron chi connectivity index (χ2n) is 5.55. The minimum Gasteiger partial charge on any atom is -0.396 e. The average molecular weight is 312 g/mol. The highest BCUT2D eigenvalue weighted by Crippen LogP contribution is 2.27. The normalized spacial score (nSPS) is 18.9. The fourth-order valence-electron chi connectivity index (χ4n) is 2.69. The van der Waals surface area contributed by atoms with Gasteiger partial charge in [0.2, 0.25) is 10.0 Å². The largest absolute Gasteiger partial charge is 0.396 e. The van der Waals surface area contributed by atoms with Crippen LogP contribution in [0.2, 0.25) is 0 Å².